The van der Waals surface area contributed by atoms with Crippen molar-refractivity contribution in [2.24, 2.45) is 10.7 Å². The number of aliphatic imine (C=N–C) groups is 1. The van der Waals surface area contributed by atoms with Crippen LogP contribution in [0.4, 0.5) is 0 Å². The van der Waals surface area contributed by atoms with E-state index in [9.17, 15) is 5.11 Å². The molecular weight excluding hydrogens is 226 g/mol. The van der Waals surface area contributed by atoms with Gasteiger partial charge in [-0.05, 0) is 37.0 Å². The summed E-state index contributed by atoms with van der Waals surface area (Å²) in [6.45, 7) is 0.677. The van der Waals surface area contributed by atoms with E-state index in [2.05, 4.69) is 10.3 Å². The fourth-order valence-electron chi connectivity index (χ4n) is 2.29. The summed E-state index contributed by atoms with van der Waals surface area (Å²) in [6, 6.07) is 7.72. The fourth-order valence-corrected chi connectivity index (χ4v) is 2.29. The number of hydrogen-bond donors (Lipinski definition) is 3. The van der Waals surface area contributed by atoms with Gasteiger partial charge in [-0.1, -0.05) is 25.0 Å². The van der Waals surface area contributed by atoms with Gasteiger partial charge in [0.15, 0.2) is 5.96 Å². The van der Waals surface area contributed by atoms with E-state index in [1.807, 2.05) is 12.1 Å². The van der Waals surface area contributed by atoms with Crippen molar-refractivity contribution in [2.45, 2.75) is 38.1 Å². The summed E-state index contributed by atoms with van der Waals surface area (Å²) in [4.78, 5) is 4.33. The molecule has 0 spiro atoms. The number of phenols is 1. The van der Waals surface area contributed by atoms with Gasteiger partial charge in [-0.3, -0.25) is 4.99 Å². The van der Waals surface area contributed by atoms with Gasteiger partial charge >= 0.3 is 0 Å². The van der Waals surface area contributed by atoms with Crippen molar-refractivity contribution in [1.29, 1.82) is 0 Å². The maximum Gasteiger partial charge on any atom is 0.188 e. The van der Waals surface area contributed by atoms with Crippen LogP contribution < -0.4 is 11.1 Å². The lowest BCUT2D eigenvalue weighted by atomic mass is 10.1. The number of rotatable bonds is 4. The van der Waals surface area contributed by atoms with Crippen molar-refractivity contribution >= 4 is 5.96 Å². The van der Waals surface area contributed by atoms with Gasteiger partial charge in [0.2, 0.25) is 0 Å². The van der Waals surface area contributed by atoms with Crippen LogP contribution in [0.2, 0.25) is 0 Å². The second kappa shape index (κ2) is 6.28. The van der Waals surface area contributed by atoms with Crippen LogP contribution in [0.25, 0.3) is 0 Å². The average molecular weight is 247 g/mol. The molecule has 0 heterocycles. The van der Waals surface area contributed by atoms with E-state index in [1.165, 1.54) is 25.7 Å². The van der Waals surface area contributed by atoms with Gasteiger partial charge in [0.25, 0.3) is 0 Å². The molecule has 0 amide bonds. The smallest absolute Gasteiger partial charge is 0.188 e. The molecule has 4 N–H and O–H groups in total. The maximum absolute atomic E-state index is 9.17. The van der Waals surface area contributed by atoms with E-state index in [4.69, 9.17) is 5.73 Å². The summed E-state index contributed by atoms with van der Waals surface area (Å²) in [5.41, 5.74) is 7.00. The summed E-state index contributed by atoms with van der Waals surface area (Å²) in [5, 5.41) is 12.4. The van der Waals surface area contributed by atoms with Gasteiger partial charge in [0.05, 0.1) is 0 Å². The van der Waals surface area contributed by atoms with Gasteiger partial charge < -0.3 is 16.2 Å². The van der Waals surface area contributed by atoms with E-state index < -0.39 is 0 Å². The van der Waals surface area contributed by atoms with Crippen molar-refractivity contribution in [3.05, 3.63) is 29.8 Å². The lowest BCUT2D eigenvalue weighted by Gasteiger charge is -2.12. The second-order valence-electron chi connectivity index (χ2n) is 4.81. The number of aromatic hydroxyl groups is 1. The lowest BCUT2D eigenvalue weighted by Crippen LogP contribution is -2.38. The minimum atomic E-state index is 0.296. The highest BCUT2D eigenvalue weighted by atomic mass is 16.3. The van der Waals surface area contributed by atoms with Crippen LogP contribution in [-0.2, 0) is 6.42 Å². The molecule has 1 saturated carbocycles. The van der Waals surface area contributed by atoms with Gasteiger partial charge in [-0.25, -0.2) is 0 Å². The van der Waals surface area contributed by atoms with Crippen LogP contribution >= 0.6 is 0 Å². The second-order valence-corrected chi connectivity index (χ2v) is 4.81. The molecule has 0 unspecified atom stereocenters. The predicted molar refractivity (Wildman–Crippen MR) is 73.7 cm³/mol. The standard InChI is InChI=1S/C14H21N3O/c15-14(17-12-3-1-2-4-12)16-10-9-11-5-7-13(18)8-6-11/h5-8,12,18H,1-4,9-10H2,(H3,15,16,17). The minimum absolute atomic E-state index is 0.296. The first kappa shape index (κ1) is 12.7. The van der Waals surface area contributed by atoms with Crippen molar-refractivity contribution in [1.82, 2.24) is 5.32 Å². The first-order valence-corrected chi connectivity index (χ1v) is 6.58. The zero-order valence-electron chi connectivity index (χ0n) is 10.6. The van der Waals surface area contributed by atoms with Crippen molar-refractivity contribution in [3.63, 3.8) is 0 Å². The number of phenolic OH excluding ortho intramolecular Hbond substituents is 1. The Labute approximate surface area is 108 Å². The van der Waals surface area contributed by atoms with E-state index in [0.717, 1.165) is 12.0 Å². The highest BCUT2D eigenvalue weighted by Crippen LogP contribution is 2.17. The number of hydrogen-bond acceptors (Lipinski definition) is 2. The molecule has 0 aromatic heterocycles. The SMILES string of the molecule is NC(=NCCc1ccc(O)cc1)NC1CCCC1. The number of nitrogens with two attached hydrogens (primary N) is 1. The Kier molecular flexibility index (Phi) is 4.45. The third kappa shape index (κ3) is 3.95. The quantitative estimate of drug-likeness (QED) is 0.561. The first-order chi connectivity index (χ1) is 8.74. The van der Waals surface area contributed by atoms with Gasteiger partial charge in [-0.2, -0.15) is 0 Å². The highest BCUT2D eigenvalue weighted by Gasteiger charge is 2.14. The molecule has 2 rings (SSSR count). The molecule has 0 aliphatic heterocycles. The molecule has 1 aromatic rings. The normalized spacial score (nSPS) is 17.0. The summed E-state index contributed by atoms with van der Waals surface area (Å²) < 4.78 is 0. The molecule has 4 nitrogen and oxygen atoms in total. The third-order valence-electron chi connectivity index (χ3n) is 3.33. The summed E-state index contributed by atoms with van der Waals surface area (Å²) in [6.07, 6.45) is 5.83. The van der Waals surface area contributed by atoms with E-state index >= 15 is 0 Å². The van der Waals surface area contributed by atoms with Crippen LogP contribution in [0, 0.1) is 0 Å². The minimum Gasteiger partial charge on any atom is -0.508 e. The Bertz CT molecular complexity index is 394. The molecule has 0 atom stereocenters. The van der Waals surface area contributed by atoms with Crippen LogP contribution in [0.3, 0.4) is 0 Å². The van der Waals surface area contributed by atoms with E-state index in [1.54, 1.807) is 12.1 Å². The van der Waals surface area contributed by atoms with Crippen LogP contribution in [0.1, 0.15) is 31.2 Å². The monoisotopic (exact) mass is 247 g/mol. The van der Waals surface area contributed by atoms with Crippen molar-refractivity contribution in [2.75, 3.05) is 6.54 Å². The number of nitrogens with zero attached hydrogens (tertiary/aromatic N) is 1. The Balaban J connectivity index is 1.74. The Hall–Kier alpha value is -1.71. The summed E-state index contributed by atoms with van der Waals surface area (Å²) in [7, 11) is 0. The zero-order valence-corrected chi connectivity index (χ0v) is 10.6. The Morgan fingerprint density at radius 2 is 1.94 bits per heavy atom. The van der Waals surface area contributed by atoms with Crippen LogP contribution in [0.15, 0.2) is 29.3 Å². The van der Waals surface area contributed by atoms with E-state index in [-0.39, 0.29) is 0 Å². The average Bonchev–Trinajstić information content (AvgIpc) is 2.84. The van der Waals surface area contributed by atoms with Crippen LogP contribution in [0.5, 0.6) is 5.75 Å². The lowest BCUT2D eigenvalue weighted by molar-refractivity contribution is 0.475. The maximum atomic E-state index is 9.17. The molecule has 98 valence electrons. The number of benzene rings is 1. The molecular formula is C14H21N3O. The van der Waals surface area contributed by atoms with Gasteiger partial charge in [0, 0.05) is 12.6 Å². The first-order valence-electron chi connectivity index (χ1n) is 6.58. The Morgan fingerprint density at radius 3 is 2.61 bits per heavy atom. The topological polar surface area (TPSA) is 70.6 Å². The molecule has 0 radical (unpaired) electrons. The van der Waals surface area contributed by atoms with Crippen molar-refractivity contribution < 1.29 is 5.11 Å². The molecule has 1 fully saturated rings. The fraction of sp³-hybridized carbons (Fsp3) is 0.500. The Morgan fingerprint density at radius 1 is 1.28 bits per heavy atom. The third-order valence-corrected chi connectivity index (χ3v) is 3.33. The molecule has 18 heavy (non-hydrogen) atoms. The van der Waals surface area contributed by atoms with Gasteiger partial charge in [0.1, 0.15) is 5.75 Å². The zero-order chi connectivity index (χ0) is 12.8. The summed E-state index contributed by atoms with van der Waals surface area (Å²) in [5.74, 6) is 0.852. The summed E-state index contributed by atoms with van der Waals surface area (Å²) >= 11 is 0. The molecule has 1 aliphatic carbocycles. The molecule has 4 heteroatoms. The van der Waals surface area contributed by atoms with Crippen molar-refractivity contribution in [3.8, 4) is 5.75 Å². The largest absolute Gasteiger partial charge is 0.508 e. The van der Waals surface area contributed by atoms with Gasteiger partial charge in [-0.15, -0.1) is 0 Å². The highest BCUT2D eigenvalue weighted by molar-refractivity contribution is 5.78. The molecule has 1 aromatic carbocycles. The van der Waals surface area contributed by atoms with E-state index in [0.29, 0.717) is 24.3 Å². The number of guanidine groups is 1. The molecule has 0 bridgehead atoms. The number of nitrogens with one attached hydrogen (secondary N) is 1. The molecule has 1 aliphatic rings. The predicted octanol–water partition coefficient (Wildman–Crippen LogP) is 1.78. The molecule has 0 saturated heterocycles. The van der Waals surface area contributed by atoms with Crippen LogP contribution in [-0.4, -0.2) is 23.7 Å².